The summed E-state index contributed by atoms with van der Waals surface area (Å²) < 4.78 is 0. The molecular weight excluding hydrogens is 190 g/mol. The van der Waals surface area contributed by atoms with Crippen molar-refractivity contribution in [3.8, 4) is 0 Å². The molecule has 0 radical (unpaired) electrons. The van der Waals surface area contributed by atoms with Gasteiger partial charge in [-0.15, -0.1) is 0 Å². The first kappa shape index (κ1) is 11.7. The summed E-state index contributed by atoms with van der Waals surface area (Å²) in [6.07, 6.45) is 0. The lowest BCUT2D eigenvalue weighted by Gasteiger charge is -2.09. The summed E-state index contributed by atoms with van der Waals surface area (Å²) in [4.78, 5) is 10.6. The van der Waals surface area contributed by atoms with Crippen LogP contribution in [0.15, 0.2) is 24.3 Å². The Balaban J connectivity index is 2.32. The molecule has 1 unspecified atom stereocenters. The number of carbonyl (C=O) groups is 1. The number of benzene rings is 1. The minimum atomic E-state index is -0.615. The summed E-state index contributed by atoms with van der Waals surface area (Å²) in [5, 5.41) is 3.08. The van der Waals surface area contributed by atoms with Gasteiger partial charge in [-0.3, -0.25) is 4.79 Å². The Hall–Kier alpha value is -1.39. The van der Waals surface area contributed by atoms with E-state index in [4.69, 9.17) is 11.5 Å². The molecule has 0 saturated heterocycles. The van der Waals surface area contributed by atoms with E-state index in [1.165, 1.54) is 5.56 Å². The molecular formula is C11H17N3O. The Morgan fingerprint density at radius 1 is 1.40 bits per heavy atom. The predicted molar refractivity (Wildman–Crippen MR) is 60.1 cm³/mol. The minimum absolute atomic E-state index is 0.406. The van der Waals surface area contributed by atoms with E-state index in [9.17, 15) is 4.79 Å². The van der Waals surface area contributed by atoms with E-state index in [0.29, 0.717) is 13.1 Å². The fourth-order valence-electron chi connectivity index (χ4n) is 1.18. The van der Waals surface area contributed by atoms with Gasteiger partial charge in [0, 0.05) is 13.1 Å². The number of aryl methyl sites for hydroxylation is 1. The third-order valence-electron chi connectivity index (χ3n) is 2.18. The first-order valence-corrected chi connectivity index (χ1v) is 4.91. The van der Waals surface area contributed by atoms with Gasteiger partial charge in [-0.25, -0.2) is 0 Å². The van der Waals surface area contributed by atoms with Crippen molar-refractivity contribution in [2.45, 2.75) is 19.5 Å². The van der Waals surface area contributed by atoms with E-state index in [-0.39, 0.29) is 0 Å². The van der Waals surface area contributed by atoms with Crippen molar-refractivity contribution in [3.63, 3.8) is 0 Å². The highest BCUT2D eigenvalue weighted by atomic mass is 16.1. The van der Waals surface area contributed by atoms with Gasteiger partial charge < -0.3 is 16.8 Å². The summed E-state index contributed by atoms with van der Waals surface area (Å²) in [6, 6.07) is 7.56. The quantitative estimate of drug-likeness (QED) is 0.630. The molecule has 4 nitrogen and oxygen atoms in total. The SMILES string of the molecule is Cc1ccc(CNCC(N)C(N)=O)cc1. The second-order valence-corrected chi connectivity index (χ2v) is 3.63. The van der Waals surface area contributed by atoms with Crippen molar-refractivity contribution in [2.24, 2.45) is 11.5 Å². The van der Waals surface area contributed by atoms with Crippen molar-refractivity contribution in [1.29, 1.82) is 0 Å². The van der Waals surface area contributed by atoms with Gasteiger partial charge in [0.1, 0.15) is 0 Å². The molecule has 4 heteroatoms. The summed E-state index contributed by atoms with van der Waals surface area (Å²) in [5.41, 5.74) is 12.9. The number of nitrogens with two attached hydrogens (primary N) is 2. The monoisotopic (exact) mass is 207 g/mol. The fraction of sp³-hybridized carbons (Fsp3) is 0.364. The minimum Gasteiger partial charge on any atom is -0.368 e. The Morgan fingerprint density at radius 3 is 2.53 bits per heavy atom. The third-order valence-corrected chi connectivity index (χ3v) is 2.18. The lowest BCUT2D eigenvalue weighted by atomic mass is 10.1. The molecule has 0 spiro atoms. The smallest absolute Gasteiger partial charge is 0.235 e. The number of carbonyl (C=O) groups excluding carboxylic acids is 1. The van der Waals surface area contributed by atoms with Gasteiger partial charge in [-0.1, -0.05) is 29.8 Å². The predicted octanol–water partition coefficient (Wildman–Crippen LogP) is -0.103. The summed E-state index contributed by atoms with van der Waals surface area (Å²) in [5.74, 6) is -0.480. The van der Waals surface area contributed by atoms with Crippen molar-refractivity contribution < 1.29 is 4.79 Å². The van der Waals surface area contributed by atoms with E-state index in [0.717, 1.165) is 5.56 Å². The lowest BCUT2D eigenvalue weighted by molar-refractivity contribution is -0.119. The van der Waals surface area contributed by atoms with E-state index >= 15 is 0 Å². The highest BCUT2D eigenvalue weighted by Gasteiger charge is 2.07. The zero-order chi connectivity index (χ0) is 11.3. The fourth-order valence-corrected chi connectivity index (χ4v) is 1.18. The molecule has 0 aromatic heterocycles. The summed E-state index contributed by atoms with van der Waals surface area (Å²) in [7, 11) is 0. The molecule has 1 atom stereocenters. The zero-order valence-corrected chi connectivity index (χ0v) is 8.86. The van der Waals surface area contributed by atoms with Crippen LogP contribution in [0.3, 0.4) is 0 Å². The standard InChI is InChI=1S/C11H17N3O/c1-8-2-4-9(5-3-8)6-14-7-10(12)11(13)15/h2-5,10,14H,6-7,12H2,1H3,(H2,13,15). The molecule has 0 bridgehead atoms. The van der Waals surface area contributed by atoms with Crippen LogP contribution in [0.25, 0.3) is 0 Å². The van der Waals surface area contributed by atoms with Crippen molar-refractivity contribution in [3.05, 3.63) is 35.4 Å². The summed E-state index contributed by atoms with van der Waals surface area (Å²) >= 11 is 0. The van der Waals surface area contributed by atoms with Crippen LogP contribution < -0.4 is 16.8 Å². The molecule has 82 valence electrons. The van der Waals surface area contributed by atoms with Gasteiger partial charge in [-0.05, 0) is 12.5 Å². The van der Waals surface area contributed by atoms with Crippen LogP contribution in [0.5, 0.6) is 0 Å². The Kier molecular flexibility index (Phi) is 4.27. The van der Waals surface area contributed by atoms with E-state index in [1.54, 1.807) is 0 Å². The van der Waals surface area contributed by atoms with Gasteiger partial charge in [0.25, 0.3) is 0 Å². The van der Waals surface area contributed by atoms with Crippen molar-refractivity contribution >= 4 is 5.91 Å². The molecule has 1 amide bonds. The van der Waals surface area contributed by atoms with Crippen LogP contribution in [-0.4, -0.2) is 18.5 Å². The maximum atomic E-state index is 10.6. The molecule has 1 rings (SSSR count). The Labute approximate surface area is 89.6 Å². The van der Waals surface area contributed by atoms with Gasteiger partial charge in [0.2, 0.25) is 5.91 Å². The van der Waals surface area contributed by atoms with E-state index in [2.05, 4.69) is 5.32 Å². The molecule has 1 aromatic carbocycles. The van der Waals surface area contributed by atoms with Crippen molar-refractivity contribution in [2.75, 3.05) is 6.54 Å². The molecule has 5 N–H and O–H groups in total. The van der Waals surface area contributed by atoms with Crippen LogP contribution in [-0.2, 0) is 11.3 Å². The number of amides is 1. The highest BCUT2D eigenvalue weighted by Crippen LogP contribution is 2.02. The number of rotatable bonds is 5. The Morgan fingerprint density at radius 2 is 2.00 bits per heavy atom. The van der Waals surface area contributed by atoms with Crippen LogP contribution in [0.2, 0.25) is 0 Å². The highest BCUT2D eigenvalue weighted by molar-refractivity contribution is 5.79. The maximum absolute atomic E-state index is 10.6. The van der Waals surface area contributed by atoms with Gasteiger partial charge in [0.15, 0.2) is 0 Å². The molecule has 0 aliphatic heterocycles. The second kappa shape index (κ2) is 5.48. The van der Waals surface area contributed by atoms with Gasteiger partial charge in [-0.2, -0.15) is 0 Å². The number of hydrogen-bond donors (Lipinski definition) is 3. The Bertz CT molecular complexity index is 321. The van der Waals surface area contributed by atoms with Crippen LogP contribution in [0, 0.1) is 6.92 Å². The molecule has 15 heavy (non-hydrogen) atoms. The van der Waals surface area contributed by atoms with Gasteiger partial charge >= 0.3 is 0 Å². The largest absolute Gasteiger partial charge is 0.368 e. The molecule has 0 saturated carbocycles. The number of primary amides is 1. The molecule has 0 aliphatic rings. The average molecular weight is 207 g/mol. The normalized spacial score (nSPS) is 12.4. The maximum Gasteiger partial charge on any atom is 0.235 e. The van der Waals surface area contributed by atoms with E-state index in [1.807, 2.05) is 31.2 Å². The van der Waals surface area contributed by atoms with Crippen LogP contribution >= 0.6 is 0 Å². The number of nitrogens with one attached hydrogen (secondary N) is 1. The van der Waals surface area contributed by atoms with Crippen molar-refractivity contribution in [1.82, 2.24) is 5.32 Å². The third kappa shape index (κ3) is 4.10. The van der Waals surface area contributed by atoms with E-state index < -0.39 is 11.9 Å². The first-order chi connectivity index (χ1) is 7.09. The van der Waals surface area contributed by atoms with Gasteiger partial charge in [0.05, 0.1) is 6.04 Å². The average Bonchev–Trinajstić information content (AvgIpc) is 2.20. The molecule has 1 aromatic rings. The second-order valence-electron chi connectivity index (χ2n) is 3.63. The molecule has 0 fully saturated rings. The number of hydrogen-bond acceptors (Lipinski definition) is 3. The molecule has 0 aliphatic carbocycles. The summed E-state index contributed by atoms with van der Waals surface area (Å²) in [6.45, 7) is 3.14. The topological polar surface area (TPSA) is 81.1 Å². The molecule has 0 heterocycles. The first-order valence-electron chi connectivity index (χ1n) is 4.91. The zero-order valence-electron chi connectivity index (χ0n) is 8.86. The van der Waals surface area contributed by atoms with Crippen LogP contribution in [0.1, 0.15) is 11.1 Å². The van der Waals surface area contributed by atoms with Crippen LogP contribution in [0.4, 0.5) is 0 Å². The lowest BCUT2D eigenvalue weighted by Crippen LogP contribution is -2.44.